The average Bonchev–Trinajstić information content (AvgIpc) is 2.97. The van der Waals surface area contributed by atoms with Crippen molar-refractivity contribution in [3.63, 3.8) is 0 Å². The van der Waals surface area contributed by atoms with Crippen molar-refractivity contribution < 1.29 is 9.47 Å². The van der Waals surface area contributed by atoms with Gasteiger partial charge < -0.3 is 9.47 Å². The summed E-state index contributed by atoms with van der Waals surface area (Å²) in [5.74, 6) is 0.996. The van der Waals surface area contributed by atoms with Crippen molar-refractivity contribution in [1.29, 1.82) is 0 Å². The molecule has 2 atom stereocenters. The Kier molecular flexibility index (Phi) is 1.70. The molecule has 0 saturated carbocycles. The lowest BCUT2D eigenvalue weighted by Gasteiger charge is -2.29. The Morgan fingerprint density at radius 1 is 1.33 bits per heavy atom. The fourth-order valence-corrected chi connectivity index (χ4v) is 2.35. The van der Waals surface area contributed by atoms with E-state index in [0.717, 1.165) is 12.2 Å². The number of rotatable bonds is 1. The second-order valence-electron chi connectivity index (χ2n) is 4.91. The average molecular weight is 204 g/mol. The Morgan fingerprint density at radius 3 is 2.87 bits per heavy atom. The van der Waals surface area contributed by atoms with Crippen LogP contribution in [0.2, 0.25) is 0 Å². The molecule has 0 aromatic heterocycles. The van der Waals surface area contributed by atoms with Crippen LogP contribution in [-0.2, 0) is 11.2 Å². The highest BCUT2D eigenvalue weighted by molar-refractivity contribution is 5.44. The van der Waals surface area contributed by atoms with Gasteiger partial charge in [0.05, 0.1) is 0 Å². The van der Waals surface area contributed by atoms with Gasteiger partial charge in [0.1, 0.15) is 23.6 Å². The van der Waals surface area contributed by atoms with Crippen molar-refractivity contribution in [3.8, 4) is 5.75 Å². The van der Waals surface area contributed by atoms with Crippen molar-refractivity contribution in [1.82, 2.24) is 0 Å². The molecule has 80 valence electrons. The molecule has 1 saturated heterocycles. The van der Waals surface area contributed by atoms with Crippen molar-refractivity contribution in [3.05, 3.63) is 29.3 Å². The third-order valence-corrected chi connectivity index (χ3v) is 3.34. The summed E-state index contributed by atoms with van der Waals surface area (Å²) in [6.07, 6.45) is 1.58. The first kappa shape index (κ1) is 9.22. The van der Waals surface area contributed by atoms with Gasteiger partial charge in [-0.3, -0.25) is 0 Å². The molecule has 0 spiro atoms. The van der Waals surface area contributed by atoms with Gasteiger partial charge in [0.25, 0.3) is 0 Å². The van der Waals surface area contributed by atoms with Gasteiger partial charge >= 0.3 is 0 Å². The van der Waals surface area contributed by atoms with Crippen molar-refractivity contribution >= 4 is 0 Å². The topological polar surface area (TPSA) is 21.8 Å². The predicted octanol–water partition coefficient (Wildman–Crippen LogP) is 2.86. The molecule has 15 heavy (non-hydrogen) atoms. The molecule has 0 aliphatic carbocycles. The third-order valence-electron chi connectivity index (χ3n) is 3.34. The number of fused-ring (bicyclic) bond motifs is 3. The molecule has 1 unspecified atom stereocenters. The van der Waals surface area contributed by atoms with Gasteiger partial charge in [0.2, 0.25) is 0 Å². The molecule has 2 aliphatic rings. The molecule has 3 rings (SSSR count). The van der Waals surface area contributed by atoms with Crippen LogP contribution in [-0.4, -0.2) is 11.7 Å². The minimum Gasteiger partial charge on any atom is -0.485 e. The molecule has 1 aromatic carbocycles. The zero-order valence-electron chi connectivity index (χ0n) is 9.41. The molecule has 0 bridgehead atoms. The molecule has 0 radical (unpaired) electrons. The summed E-state index contributed by atoms with van der Waals surface area (Å²) in [5, 5.41) is 0. The van der Waals surface area contributed by atoms with Gasteiger partial charge in [-0.2, -0.15) is 0 Å². The number of aryl methyl sites for hydroxylation is 1. The first-order valence-electron chi connectivity index (χ1n) is 5.59. The van der Waals surface area contributed by atoms with Gasteiger partial charge in [-0.25, -0.2) is 0 Å². The van der Waals surface area contributed by atoms with Crippen LogP contribution in [0.4, 0.5) is 0 Å². The molecule has 0 N–H and O–H groups in total. The second kappa shape index (κ2) is 2.76. The van der Waals surface area contributed by atoms with Gasteiger partial charge in [-0.15, -0.1) is 0 Å². The Morgan fingerprint density at radius 2 is 2.13 bits per heavy atom. The molecule has 2 nitrogen and oxygen atoms in total. The smallest absolute Gasteiger partial charge is 0.132 e. The Hall–Kier alpha value is -1.02. The van der Waals surface area contributed by atoms with E-state index in [-0.39, 0.29) is 17.8 Å². The van der Waals surface area contributed by atoms with Crippen LogP contribution in [0, 0.1) is 0 Å². The van der Waals surface area contributed by atoms with E-state index >= 15 is 0 Å². The summed E-state index contributed by atoms with van der Waals surface area (Å²) >= 11 is 0. The fraction of sp³-hybridized carbons (Fsp3) is 0.538. The minimum absolute atomic E-state index is 0.175. The number of ether oxygens (including phenoxy) is 2. The summed E-state index contributed by atoms with van der Waals surface area (Å²) in [4.78, 5) is 0. The molecular weight excluding hydrogens is 188 g/mol. The van der Waals surface area contributed by atoms with E-state index in [9.17, 15) is 0 Å². The predicted molar refractivity (Wildman–Crippen MR) is 58.1 cm³/mol. The lowest BCUT2D eigenvalue weighted by molar-refractivity contribution is 0.0725. The van der Waals surface area contributed by atoms with E-state index in [0.29, 0.717) is 0 Å². The third kappa shape index (κ3) is 1.28. The van der Waals surface area contributed by atoms with Gasteiger partial charge in [0, 0.05) is 5.56 Å². The van der Waals surface area contributed by atoms with Gasteiger partial charge in [0.15, 0.2) is 0 Å². The number of epoxide rings is 1. The van der Waals surface area contributed by atoms with Gasteiger partial charge in [-0.05, 0) is 38.0 Å². The maximum Gasteiger partial charge on any atom is 0.132 e. The summed E-state index contributed by atoms with van der Waals surface area (Å²) in [6, 6.07) is 6.43. The Labute approximate surface area is 90.2 Å². The second-order valence-corrected chi connectivity index (χ2v) is 4.91. The Bertz CT molecular complexity index is 409. The van der Waals surface area contributed by atoms with Crippen LogP contribution >= 0.6 is 0 Å². The molecule has 1 aromatic rings. The highest BCUT2D eigenvalue weighted by atomic mass is 16.6. The van der Waals surface area contributed by atoms with Crippen LogP contribution < -0.4 is 4.74 Å². The standard InChI is InChI=1S/C13H16O2/c1-4-8-5-6-10-9(7-8)11-12(14-11)13(2,3)15-10/h5-7,11-12H,4H2,1-3H3/t11?,12-/m1/s1. The Balaban J connectivity index is 2.05. The molecule has 0 amide bonds. The number of hydrogen-bond donors (Lipinski definition) is 0. The van der Waals surface area contributed by atoms with Crippen molar-refractivity contribution in [2.24, 2.45) is 0 Å². The first-order valence-corrected chi connectivity index (χ1v) is 5.59. The van der Waals surface area contributed by atoms with Crippen molar-refractivity contribution in [2.45, 2.75) is 45.0 Å². The van der Waals surface area contributed by atoms with Crippen LogP contribution in [0.25, 0.3) is 0 Å². The zero-order valence-corrected chi connectivity index (χ0v) is 9.41. The van der Waals surface area contributed by atoms with E-state index in [1.807, 2.05) is 0 Å². The first-order chi connectivity index (χ1) is 7.12. The lowest BCUT2D eigenvalue weighted by atomic mass is 9.93. The SMILES string of the molecule is CCc1ccc2c(c1)C1O[C@H]1C(C)(C)O2. The van der Waals surface area contributed by atoms with Crippen LogP contribution in [0.15, 0.2) is 18.2 Å². The number of hydrogen-bond acceptors (Lipinski definition) is 2. The summed E-state index contributed by atoms with van der Waals surface area (Å²) in [7, 11) is 0. The largest absolute Gasteiger partial charge is 0.485 e. The van der Waals surface area contributed by atoms with E-state index in [1.165, 1.54) is 11.1 Å². The summed E-state index contributed by atoms with van der Waals surface area (Å²) < 4.78 is 11.6. The fourth-order valence-electron chi connectivity index (χ4n) is 2.35. The normalized spacial score (nSPS) is 30.1. The zero-order chi connectivity index (χ0) is 10.6. The van der Waals surface area contributed by atoms with E-state index in [2.05, 4.69) is 39.0 Å². The molecule has 2 aliphatic heterocycles. The monoisotopic (exact) mass is 204 g/mol. The molecular formula is C13H16O2. The summed E-state index contributed by atoms with van der Waals surface area (Å²) in [6.45, 7) is 6.35. The van der Waals surface area contributed by atoms with E-state index in [1.54, 1.807) is 0 Å². The number of benzene rings is 1. The van der Waals surface area contributed by atoms with Crippen molar-refractivity contribution in [2.75, 3.05) is 0 Å². The molecule has 2 heterocycles. The lowest BCUT2D eigenvalue weighted by Crippen LogP contribution is -2.37. The maximum absolute atomic E-state index is 5.95. The minimum atomic E-state index is -0.175. The van der Waals surface area contributed by atoms with E-state index in [4.69, 9.17) is 9.47 Å². The van der Waals surface area contributed by atoms with Gasteiger partial charge in [-0.1, -0.05) is 13.0 Å². The van der Waals surface area contributed by atoms with Crippen LogP contribution in [0.1, 0.15) is 38.0 Å². The van der Waals surface area contributed by atoms with Crippen LogP contribution in [0.5, 0.6) is 5.75 Å². The highest BCUT2D eigenvalue weighted by Crippen LogP contribution is 2.53. The van der Waals surface area contributed by atoms with Crippen LogP contribution in [0.3, 0.4) is 0 Å². The quantitative estimate of drug-likeness (QED) is 0.656. The highest BCUT2D eigenvalue weighted by Gasteiger charge is 2.56. The molecule has 1 fully saturated rings. The summed E-state index contributed by atoms with van der Waals surface area (Å²) in [5.41, 5.74) is 2.41. The van der Waals surface area contributed by atoms with E-state index < -0.39 is 0 Å². The molecule has 2 heteroatoms. The maximum atomic E-state index is 5.95.